The average Bonchev–Trinajstić information content (AvgIpc) is 2.66. The van der Waals surface area contributed by atoms with Crippen molar-refractivity contribution in [1.29, 1.82) is 0 Å². The summed E-state index contributed by atoms with van der Waals surface area (Å²) in [7, 11) is 4.76. The van der Waals surface area contributed by atoms with Crippen molar-refractivity contribution < 1.29 is 19.0 Å². The number of ether oxygens (including phenoxy) is 3. The van der Waals surface area contributed by atoms with Gasteiger partial charge in [0.1, 0.15) is 17.2 Å². The number of nitrogens with one attached hydrogen (secondary N) is 2. The molecule has 0 heterocycles. The minimum Gasteiger partial charge on any atom is -0.497 e. The fraction of sp³-hybridized carbons (Fsp3) is 0.350. The third kappa shape index (κ3) is 4.81. The molecule has 0 aliphatic carbocycles. The maximum atomic E-state index is 12.3. The number of carbonyl (C=O) groups is 1. The number of hydrogen-bond donors (Lipinski definition) is 2. The molecule has 0 fully saturated rings. The zero-order valence-electron chi connectivity index (χ0n) is 15.9. The summed E-state index contributed by atoms with van der Waals surface area (Å²) in [5.41, 5.74) is 1.42. The summed E-state index contributed by atoms with van der Waals surface area (Å²) < 4.78 is 15.6. The van der Waals surface area contributed by atoms with E-state index in [0.717, 1.165) is 11.3 Å². The predicted octanol–water partition coefficient (Wildman–Crippen LogP) is 3.81. The lowest BCUT2D eigenvalue weighted by molar-refractivity contribution is 0.249. The molecule has 2 amide bonds. The maximum Gasteiger partial charge on any atom is 0.319 e. The number of rotatable bonds is 7. The van der Waals surface area contributed by atoms with E-state index in [2.05, 4.69) is 24.5 Å². The maximum absolute atomic E-state index is 12.3. The fourth-order valence-electron chi connectivity index (χ4n) is 2.52. The molecule has 0 aliphatic rings. The normalized spacial score (nSPS) is 10.8. The number of carbonyl (C=O) groups excluding carboxylic acids is 1. The highest BCUT2D eigenvalue weighted by Gasteiger charge is 2.22. The third-order valence-corrected chi connectivity index (χ3v) is 4.22. The van der Waals surface area contributed by atoms with Crippen LogP contribution in [0.3, 0.4) is 0 Å². The molecule has 0 saturated heterocycles. The molecule has 0 unspecified atom stereocenters. The molecule has 2 aromatic rings. The first kappa shape index (κ1) is 19.4. The predicted molar refractivity (Wildman–Crippen MR) is 103 cm³/mol. The van der Waals surface area contributed by atoms with Gasteiger partial charge in [-0.3, -0.25) is 0 Å². The van der Waals surface area contributed by atoms with E-state index in [1.807, 2.05) is 24.3 Å². The summed E-state index contributed by atoms with van der Waals surface area (Å²) in [4.78, 5) is 12.3. The van der Waals surface area contributed by atoms with Crippen LogP contribution >= 0.6 is 0 Å². The summed E-state index contributed by atoms with van der Waals surface area (Å²) in [6.07, 6.45) is 0. The molecule has 0 spiro atoms. The minimum atomic E-state index is -0.307. The van der Waals surface area contributed by atoms with Gasteiger partial charge in [-0.25, -0.2) is 4.79 Å². The van der Waals surface area contributed by atoms with Crippen molar-refractivity contribution in [2.75, 3.05) is 33.2 Å². The van der Waals surface area contributed by atoms with E-state index in [1.165, 1.54) is 0 Å². The van der Waals surface area contributed by atoms with Gasteiger partial charge >= 0.3 is 6.03 Å². The number of methoxy groups -OCH3 is 3. The Morgan fingerprint density at radius 3 is 2.12 bits per heavy atom. The monoisotopic (exact) mass is 358 g/mol. The van der Waals surface area contributed by atoms with Crippen molar-refractivity contribution in [3.63, 3.8) is 0 Å². The van der Waals surface area contributed by atoms with Crippen LogP contribution in [-0.2, 0) is 5.41 Å². The van der Waals surface area contributed by atoms with Gasteiger partial charge in [-0.15, -0.1) is 0 Å². The van der Waals surface area contributed by atoms with Crippen LogP contribution in [-0.4, -0.2) is 33.9 Å². The summed E-state index contributed by atoms with van der Waals surface area (Å²) in [6, 6.07) is 12.8. The lowest BCUT2D eigenvalue weighted by Gasteiger charge is -2.26. The molecule has 0 aliphatic heterocycles. The van der Waals surface area contributed by atoms with Gasteiger partial charge in [0.2, 0.25) is 0 Å². The van der Waals surface area contributed by atoms with Crippen molar-refractivity contribution in [3.05, 3.63) is 48.0 Å². The third-order valence-electron chi connectivity index (χ3n) is 4.22. The molecule has 2 rings (SSSR count). The van der Waals surface area contributed by atoms with Crippen LogP contribution in [0.4, 0.5) is 10.5 Å². The van der Waals surface area contributed by atoms with Gasteiger partial charge in [0, 0.05) is 18.0 Å². The summed E-state index contributed by atoms with van der Waals surface area (Å²) >= 11 is 0. The van der Waals surface area contributed by atoms with Crippen LogP contribution in [0.5, 0.6) is 17.2 Å². The first-order valence-electron chi connectivity index (χ1n) is 8.31. The number of hydrogen-bond acceptors (Lipinski definition) is 4. The zero-order chi connectivity index (χ0) is 19.2. The molecule has 26 heavy (non-hydrogen) atoms. The second kappa shape index (κ2) is 8.47. The SMILES string of the molecule is COc1ccc(C(C)(C)CNC(=O)Nc2cc(OC)ccc2OC)cc1. The number of anilines is 1. The van der Waals surface area contributed by atoms with E-state index in [0.29, 0.717) is 23.7 Å². The molecular weight excluding hydrogens is 332 g/mol. The van der Waals surface area contributed by atoms with Crippen LogP contribution in [0.1, 0.15) is 19.4 Å². The lowest BCUT2D eigenvalue weighted by atomic mass is 9.84. The van der Waals surface area contributed by atoms with E-state index in [-0.39, 0.29) is 11.4 Å². The average molecular weight is 358 g/mol. The van der Waals surface area contributed by atoms with Crippen molar-refractivity contribution in [3.8, 4) is 17.2 Å². The number of urea groups is 1. The Bertz CT molecular complexity index is 742. The Kier molecular flexibility index (Phi) is 6.33. The van der Waals surface area contributed by atoms with Gasteiger partial charge in [-0.05, 0) is 29.8 Å². The Hall–Kier alpha value is -2.89. The van der Waals surface area contributed by atoms with E-state index in [9.17, 15) is 4.79 Å². The van der Waals surface area contributed by atoms with E-state index >= 15 is 0 Å². The lowest BCUT2D eigenvalue weighted by Crippen LogP contribution is -2.39. The highest BCUT2D eigenvalue weighted by Crippen LogP contribution is 2.29. The molecule has 0 bridgehead atoms. The van der Waals surface area contributed by atoms with Crippen molar-refractivity contribution >= 4 is 11.7 Å². The molecule has 2 N–H and O–H groups in total. The van der Waals surface area contributed by atoms with E-state index in [1.54, 1.807) is 39.5 Å². The molecule has 140 valence electrons. The van der Waals surface area contributed by atoms with Gasteiger partial charge < -0.3 is 24.8 Å². The Balaban J connectivity index is 2.01. The number of benzene rings is 2. The largest absolute Gasteiger partial charge is 0.497 e. The Morgan fingerprint density at radius 2 is 1.54 bits per heavy atom. The van der Waals surface area contributed by atoms with Gasteiger partial charge in [-0.1, -0.05) is 26.0 Å². The van der Waals surface area contributed by atoms with Gasteiger partial charge in [0.05, 0.1) is 27.0 Å². The molecule has 0 aromatic heterocycles. The molecule has 0 atom stereocenters. The fourth-order valence-corrected chi connectivity index (χ4v) is 2.52. The van der Waals surface area contributed by atoms with Crippen LogP contribution in [0, 0.1) is 0 Å². The number of amides is 2. The van der Waals surface area contributed by atoms with Crippen molar-refractivity contribution in [2.45, 2.75) is 19.3 Å². The minimum absolute atomic E-state index is 0.234. The molecule has 6 nitrogen and oxygen atoms in total. The van der Waals surface area contributed by atoms with Crippen molar-refractivity contribution in [1.82, 2.24) is 5.32 Å². The highest BCUT2D eigenvalue weighted by atomic mass is 16.5. The van der Waals surface area contributed by atoms with Gasteiger partial charge in [-0.2, -0.15) is 0 Å². The molecule has 6 heteroatoms. The van der Waals surface area contributed by atoms with E-state index < -0.39 is 0 Å². The second-order valence-corrected chi connectivity index (χ2v) is 6.49. The van der Waals surface area contributed by atoms with Crippen LogP contribution in [0.2, 0.25) is 0 Å². The van der Waals surface area contributed by atoms with Crippen LogP contribution < -0.4 is 24.8 Å². The molecular formula is C20H26N2O4. The summed E-state index contributed by atoms with van der Waals surface area (Å²) in [5, 5.41) is 5.71. The van der Waals surface area contributed by atoms with Gasteiger partial charge in [0.15, 0.2) is 0 Å². The smallest absolute Gasteiger partial charge is 0.319 e. The van der Waals surface area contributed by atoms with Crippen LogP contribution in [0.25, 0.3) is 0 Å². The Morgan fingerprint density at radius 1 is 0.923 bits per heavy atom. The van der Waals surface area contributed by atoms with Crippen molar-refractivity contribution in [2.24, 2.45) is 0 Å². The molecule has 0 saturated carbocycles. The standard InChI is InChI=1S/C20H26N2O4/c1-20(2,14-6-8-15(24-3)9-7-14)13-21-19(23)22-17-12-16(25-4)10-11-18(17)26-5/h6-12H,13H2,1-5H3,(H2,21,22,23). The topological polar surface area (TPSA) is 68.8 Å². The first-order valence-corrected chi connectivity index (χ1v) is 8.31. The Labute approximate surface area is 154 Å². The van der Waals surface area contributed by atoms with Gasteiger partial charge in [0.25, 0.3) is 0 Å². The van der Waals surface area contributed by atoms with E-state index in [4.69, 9.17) is 14.2 Å². The quantitative estimate of drug-likeness (QED) is 0.790. The van der Waals surface area contributed by atoms with Crippen LogP contribution in [0.15, 0.2) is 42.5 Å². The molecule has 0 radical (unpaired) electrons. The molecule has 2 aromatic carbocycles. The first-order chi connectivity index (χ1) is 12.4. The second-order valence-electron chi connectivity index (χ2n) is 6.49. The summed E-state index contributed by atoms with van der Waals surface area (Å²) in [6.45, 7) is 4.61. The zero-order valence-corrected chi connectivity index (χ0v) is 15.9. The highest BCUT2D eigenvalue weighted by molar-refractivity contribution is 5.91. The summed E-state index contributed by atoms with van der Waals surface area (Å²) in [5.74, 6) is 2.01.